The molecule has 0 fully saturated rings. The van der Waals surface area contributed by atoms with Gasteiger partial charge in [-0.2, -0.15) is 0 Å². The van der Waals surface area contributed by atoms with Crippen LogP contribution in [0.25, 0.3) is 0 Å². The van der Waals surface area contributed by atoms with E-state index in [2.05, 4.69) is 10.3 Å². The fraction of sp³-hybridized carbons (Fsp3) is 0.200. The second kappa shape index (κ2) is 6.45. The third-order valence-electron chi connectivity index (χ3n) is 2.87. The molecule has 0 bridgehead atoms. The lowest BCUT2D eigenvalue weighted by Crippen LogP contribution is -2.10. The van der Waals surface area contributed by atoms with Crippen molar-refractivity contribution in [3.8, 4) is 0 Å². The summed E-state index contributed by atoms with van der Waals surface area (Å²) >= 11 is 6.21. The Morgan fingerprint density at radius 2 is 2.24 bits per heavy atom. The minimum absolute atomic E-state index is 0.274. The highest BCUT2D eigenvalue weighted by Crippen LogP contribution is 2.32. The van der Waals surface area contributed by atoms with Gasteiger partial charge in [0.25, 0.3) is 0 Å². The number of nitrogen functional groups attached to an aromatic ring is 1. The summed E-state index contributed by atoms with van der Waals surface area (Å²) in [5.41, 5.74) is 8.46. The van der Waals surface area contributed by atoms with E-state index >= 15 is 0 Å². The Morgan fingerprint density at radius 3 is 2.90 bits per heavy atom. The van der Waals surface area contributed by atoms with Gasteiger partial charge in [-0.1, -0.05) is 11.6 Å². The number of aryl methyl sites for hydroxylation is 1. The van der Waals surface area contributed by atoms with Crippen molar-refractivity contribution in [3.63, 3.8) is 0 Å². The molecule has 0 saturated heterocycles. The number of hydrogen-bond donors (Lipinski definition) is 2. The van der Waals surface area contributed by atoms with E-state index in [4.69, 9.17) is 22.1 Å². The van der Waals surface area contributed by atoms with E-state index in [1.54, 1.807) is 25.3 Å². The quantitative estimate of drug-likeness (QED) is 0.667. The Balaban J connectivity index is 2.47. The maximum atomic E-state index is 12.1. The Morgan fingerprint density at radius 1 is 1.48 bits per heavy atom. The fourth-order valence-electron chi connectivity index (χ4n) is 1.88. The van der Waals surface area contributed by atoms with Crippen LogP contribution in [-0.2, 0) is 4.74 Å². The molecule has 110 valence electrons. The van der Waals surface area contributed by atoms with Gasteiger partial charge in [0, 0.05) is 11.9 Å². The number of carbonyl (C=O) groups is 1. The summed E-state index contributed by atoms with van der Waals surface area (Å²) in [5, 5.41) is 3.47. The molecular weight excluding hydrogens is 290 g/mol. The summed E-state index contributed by atoms with van der Waals surface area (Å²) in [6.07, 6.45) is 1.69. The lowest BCUT2D eigenvalue weighted by molar-refractivity contribution is 0.0527. The molecule has 2 aromatic rings. The number of ether oxygens (including phenoxy) is 1. The van der Waals surface area contributed by atoms with Gasteiger partial charge in [0.2, 0.25) is 0 Å². The SMILES string of the molecule is CCOC(=O)c1cc(N)cc(Cl)c1Nc1cccnc1C. The van der Waals surface area contributed by atoms with Gasteiger partial charge in [-0.15, -0.1) is 0 Å². The number of aromatic nitrogens is 1. The number of esters is 1. The predicted molar refractivity (Wildman–Crippen MR) is 84.1 cm³/mol. The average molecular weight is 306 g/mol. The number of nitrogens with two attached hydrogens (primary N) is 1. The van der Waals surface area contributed by atoms with Crippen molar-refractivity contribution in [2.45, 2.75) is 13.8 Å². The zero-order valence-electron chi connectivity index (χ0n) is 11.8. The van der Waals surface area contributed by atoms with E-state index in [1.807, 2.05) is 13.0 Å². The summed E-state index contributed by atoms with van der Waals surface area (Å²) in [4.78, 5) is 16.2. The zero-order valence-corrected chi connectivity index (χ0v) is 12.6. The van der Waals surface area contributed by atoms with E-state index in [-0.39, 0.29) is 6.61 Å². The molecule has 0 atom stereocenters. The van der Waals surface area contributed by atoms with Crippen molar-refractivity contribution < 1.29 is 9.53 Å². The van der Waals surface area contributed by atoms with Gasteiger partial charge in [0.15, 0.2) is 0 Å². The Labute approximate surface area is 128 Å². The van der Waals surface area contributed by atoms with Crippen LogP contribution in [0.5, 0.6) is 0 Å². The van der Waals surface area contributed by atoms with Gasteiger partial charge < -0.3 is 15.8 Å². The Kier molecular flexibility index (Phi) is 4.65. The first-order valence-electron chi connectivity index (χ1n) is 6.47. The molecule has 1 heterocycles. The molecule has 21 heavy (non-hydrogen) atoms. The average Bonchev–Trinajstić information content (AvgIpc) is 2.43. The number of nitrogens with zero attached hydrogens (tertiary/aromatic N) is 1. The van der Waals surface area contributed by atoms with Gasteiger partial charge in [0.05, 0.1) is 34.3 Å². The minimum Gasteiger partial charge on any atom is -0.462 e. The summed E-state index contributed by atoms with van der Waals surface area (Å²) in [5.74, 6) is -0.476. The standard InChI is InChI=1S/C15H16ClN3O2/c1-3-21-15(20)11-7-10(17)8-12(16)14(11)19-13-5-4-6-18-9(13)2/h4-8,19H,3,17H2,1-2H3. The van der Waals surface area contributed by atoms with Crippen molar-refractivity contribution >= 4 is 34.6 Å². The zero-order chi connectivity index (χ0) is 15.4. The maximum Gasteiger partial charge on any atom is 0.340 e. The molecule has 0 aliphatic rings. The molecule has 0 spiro atoms. The van der Waals surface area contributed by atoms with Crippen LogP contribution in [0.4, 0.5) is 17.1 Å². The van der Waals surface area contributed by atoms with Gasteiger partial charge >= 0.3 is 5.97 Å². The Bertz CT molecular complexity index is 674. The molecule has 6 heteroatoms. The molecule has 2 rings (SSSR count). The number of nitrogens with one attached hydrogen (secondary N) is 1. The molecular formula is C15H16ClN3O2. The minimum atomic E-state index is -0.476. The number of benzene rings is 1. The second-order valence-electron chi connectivity index (χ2n) is 4.41. The number of carbonyl (C=O) groups excluding carboxylic acids is 1. The second-order valence-corrected chi connectivity index (χ2v) is 4.81. The number of hydrogen-bond acceptors (Lipinski definition) is 5. The molecule has 0 saturated carbocycles. The van der Waals surface area contributed by atoms with Crippen LogP contribution in [0.2, 0.25) is 5.02 Å². The van der Waals surface area contributed by atoms with Crippen LogP contribution in [0.15, 0.2) is 30.5 Å². The third-order valence-corrected chi connectivity index (χ3v) is 3.17. The normalized spacial score (nSPS) is 10.2. The van der Waals surface area contributed by atoms with Crippen molar-refractivity contribution in [2.75, 3.05) is 17.7 Å². The fourth-order valence-corrected chi connectivity index (χ4v) is 2.15. The third kappa shape index (κ3) is 3.44. The van der Waals surface area contributed by atoms with Gasteiger partial charge in [-0.25, -0.2) is 4.79 Å². The monoisotopic (exact) mass is 305 g/mol. The van der Waals surface area contributed by atoms with Gasteiger partial charge in [0.1, 0.15) is 0 Å². The van der Waals surface area contributed by atoms with Crippen molar-refractivity contribution in [3.05, 3.63) is 46.7 Å². The summed E-state index contributed by atoms with van der Waals surface area (Å²) < 4.78 is 5.04. The van der Waals surface area contributed by atoms with E-state index < -0.39 is 5.97 Å². The molecule has 3 N–H and O–H groups in total. The largest absolute Gasteiger partial charge is 0.462 e. The first-order chi connectivity index (χ1) is 10.0. The molecule has 1 aromatic carbocycles. The topological polar surface area (TPSA) is 77.2 Å². The summed E-state index contributed by atoms with van der Waals surface area (Å²) in [6.45, 7) is 3.87. The number of anilines is 3. The van der Waals surface area contributed by atoms with Crippen LogP contribution >= 0.6 is 11.6 Å². The van der Waals surface area contributed by atoms with E-state index in [1.165, 1.54) is 6.07 Å². The summed E-state index contributed by atoms with van der Waals surface area (Å²) in [6, 6.07) is 6.77. The lowest BCUT2D eigenvalue weighted by atomic mass is 10.1. The van der Waals surface area contributed by atoms with Crippen LogP contribution in [-0.4, -0.2) is 17.6 Å². The van der Waals surface area contributed by atoms with Crippen molar-refractivity contribution in [1.29, 1.82) is 0 Å². The molecule has 0 aliphatic heterocycles. The number of pyridine rings is 1. The van der Waals surface area contributed by atoms with E-state index in [0.717, 1.165) is 11.4 Å². The van der Waals surface area contributed by atoms with E-state index in [0.29, 0.717) is 22.0 Å². The maximum absolute atomic E-state index is 12.1. The molecule has 0 unspecified atom stereocenters. The highest BCUT2D eigenvalue weighted by atomic mass is 35.5. The van der Waals surface area contributed by atoms with Gasteiger partial charge in [-0.05, 0) is 38.1 Å². The van der Waals surface area contributed by atoms with Crippen LogP contribution in [0.1, 0.15) is 23.0 Å². The Hall–Kier alpha value is -2.27. The highest BCUT2D eigenvalue weighted by molar-refractivity contribution is 6.34. The predicted octanol–water partition coefficient (Wildman–Crippen LogP) is 3.55. The number of rotatable bonds is 4. The molecule has 0 radical (unpaired) electrons. The highest BCUT2D eigenvalue weighted by Gasteiger charge is 2.17. The van der Waals surface area contributed by atoms with Crippen LogP contribution < -0.4 is 11.1 Å². The number of halogens is 1. The molecule has 0 amide bonds. The van der Waals surface area contributed by atoms with Crippen molar-refractivity contribution in [1.82, 2.24) is 4.98 Å². The first-order valence-corrected chi connectivity index (χ1v) is 6.85. The molecule has 0 aliphatic carbocycles. The van der Waals surface area contributed by atoms with E-state index in [9.17, 15) is 4.79 Å². The van der Waals surface area contributed by atoms with Crippen molar-refractivity contribution in [2.24, 2.45) is 0 Å². The summed E-state index contributed by atoms with van der Waals surface area (Å²) in [7, 11) is 0. The first kappa shape index (κ1) is 15.1. The molecule has 1 aromatic heterocycles. The van der Waals surface area contributed by atoms with Crippen LogP contribution in [0, 0.1) is 6.92 Å². The lowest BCUT2D eigenvalue weighted by Gasteiger charge is -2.15. The van der Waals surface area contributed by atoms with Gasteiger partial charge in [-0.3, -0.25) is 4.98 Å². The van der Waals surface area contributed by atoms with Crippen LogP contribution in [0.3, 0.4) is 0 Å². The smallest absolute Gasteiger partial charge is 0.340 e. The molecule has 5 nitrogen and oxygen atoms in total.